The lowest BCUT2D eigenvalue weighted by molar-refractivity contribution is -0.138. The minimum absolute atomic E-state index is 0.0383. The molecule has 0 saturated carbocycles. The van der Waals surface area contributed by atoms with Gasteiger partial charge in [-0.1, -0.05) is 37.3 Å². The SMILES string of the molecule is CC[C@@H](C)NC(=O)[C@H](C)N(Cc1ccc(F)cc1)C(=O)CSc1ccccc1. The second-order valence-corrected chi connectivity index (χ2v) is 7.79. The van der Waals surface area contributed by atoms with Gasteiger partial charge in [-0.15, -0.1) is 11.8 Å². The molecule has 0 aliphatic heterocycles. The number of nitrogens with one attached hydrogen (secondary N) is 1. The van der Waals surface area contributed by atoms with Gasteiger partial charge in [-0.2, -0.15) is 0 Å². The van der Waals surface area contributed by atoms with Crippen molar-refractivity contribution in [2.75, 3.05) is 5.75 Å². The standard InChI is InChI=1S/C22H27FN2O2S/c1-4-16(2)24-22(27)17(3)25(14-18-10-12-19(23)13-11-18)21(26)15-28-20-8-6-5-7-9-20/h5-13,16-17H,4,14-15H2,1-3H3,(H,24,27)/t16-,17+/m1/s1. The molecule has 0 bridgehead atoms. The van der Waals surface area contributed by atoms with E-state index in [-0.39, 0.29) is 36.0 Å². The molecule has 2 aromatic carbocycles. The molecule has 0 saturated heterocycles. The first kappa shape index (κ1) is 22.0. The van der Waals surface area contributed by atoms with Crippen LogP contribution in [-0.4, -0.2) is 34.6 Å². The van der Waals surface area contributed by atoms with E-state index < -0.39 is 6.04 Å². The third kappa shape index (κ3) is 6.68. The number of amides is 2. The first-order valence-electron chi connectivity index (χ1n) is 9.42. The maximum atomic E-state index is 13.2. The van der Waals surface area contributed by atoms with Gasteiger partial charge in [0.05, 0.1) is 5.75 Å². The van der Waals surface area contributed by atoms with Crippen LogP contribution < -0.4 is 5.32 Å². The number of thioether (sulfide) groups is 1. The second kappa shape index (κ2) is 10.9. The fourth-order valence-corrected chi connectivity index (χ4v) is 3.38. The first-order valence-corrected chi connectivity index (χ1v) is 10.4. The molecule has 2 amide bonds. The zero-order chi connectivity index (χ0) is 20.5. The van der Waals surface area contributed by atoms with Crippen molar-refractivity contribution in [1.29, 1.82) is 0 Å². The van der Waals surface area contributed by atoms with Crippen molar-refractivity contribution in [2.45, 2.75) is 50.7 Å². The molecule has 0 radical (unpaired) electrons. The zero-order valence-corrected chi connectivity index (χ0v) is 17.3. The lowest BCUT2D eigenvalue weighted by atomic mass is 10.1. The van der Waals surface area contributed by atoms with Crippen molar-refractivity contribution in [1.82, 2.24) is 10.2 Å². The van der Waals surface area contributed by atoms with Crippen molar-refractivity contribution < 1.29 is 14.0 Å². The quantitative estimate of drug-likeness (QED) is 0.638. The Hall–Kier alpha value is -2.34. The Morgan fingerprint density at radius 1 is 1.07 bits per heavy atom. The predicted molar refractivity (Wildman–Crippen MR) is 111 cm³/mol. The number of rotatable bonds is 9. The third-order valence-electron chi connectivity index (χ3n) is 4.54. The average molecular weight is 403 g/mol. The Morgan fingerprint density at radius 2 is 1.71 bits per heavy atom. The summed E-state index contributed by atoms with van der Waals surface area (Å²) in [6.07, 6.45) is 0.814. The van der Waals surface area contributed by atoms with Gasteiger partial charge in [-0.25, -0.2) is 4.39 Å². The molecule has 0 heterocycles. The number of carbonyl (C=O) groups excluding carboxylic acids is 2. The molecule has 1 N–H and O–H groups in total. The summed E-state index contributed by atoms with van der Waals surface area (Å²) in [5, 5.41) is 2.93. The molecule has 0 unspecified atom stereocenters. The van der Waals surface area contributed by atoms with Crippen LogP contribution in [0.1, 0.15) is 32.8 Å². The second-order valence-electron chi connectivity index (χ2n) is 6.74. The summed E-state index contributed by atoms with van der Waals surface area (Å²) in [4.78, 5) is 28.1. The van der Waals surface area contributed by atoms with Gasteiger partial charge in [-0.05, 0) is 50.1 Å². The minimum Gasteiger partial charge on any atom is -0.352 e. The van der Waals surface area contributed by atoms with Crippen LogP contribution in [0, 0.1) is 5.82 Å². The fourth-order valence-electron chi connectivity index (χ4n) is 2.58. The van der Waals surface area contributed by atoms with E-state index in [1.54, 1.807) is 24.0 Å². The van der Waals surface area contributed by atoms with Gasteiger partial charge in [0.15, 0.2) is 0 Å². The largest absolute Gasteiger partial charge is 0.352 e. The molecular weight excluding hydrogens is 375 g/mol. The summed E-state index contributed by atoms with van der Waals surface area (Å²) in [7, 11) is 0. The van der Waals surface area contributed by atoms with Gasteiger partial charge in [0.2, 0.25) is 11.8 Å². The van der Waals surface area contributed by atoms with Crippen LogP contribution in [0.5, 0.6) is 0 Å². The van der Waals surface area contributed by atoms with Crippen LogP contribution in [-0.2, 0) is 16.1 Å². The Morgan fingerprint density at radius 3 is 2.32 bits per heavy atom. The summed E-state index contributed by atoms with van der Waals surface area (Å²) < 4.78 is 13.2. The van der Waals surface area contributed by atoms with E-state index in [0.717, 1.165) is 16.9 Å². The van der Waals surface area contributed by atoms with Gasteiger partial charge >= 0.3 is 0 Å². The van der Waals surface area contributed by atoms with Crippen LogP contribution >= 0.6 is 11.8 Å². The molecule has 2 rings (SSSR count). The number of hydrogen-bond donors (Lipinski definition) is 1. The maximum Gasteiger partial charge on any atom is 0.242 e. The number of nitrogens with zero attached hydrogens (tertiary/aromatic N) is 1. The molecule has 0 spiro atoms. The highest BCUT2D eigenvalue weighted by molar-refractivity contribution is 8.00. The molecule has 4 nitrogen and oxygen atoms in total. The van der Waals surface area contributed by atoms with Crippen LogP contribution in [0.2, 0.25) is 0 Å². The van der Waals surface area contributed by atoms with Crippen molar-refractivity contribution >= 4 is 23.6 Å². The van der Waals surface area contributed by atoms with Crippen molar-refractivity contribution in [3.63, 3.8) is 0 Å². The summed E-state index contributed by atoms with van der Waals surface area (Å²) in [5.41, 5.74) is 0.780. The van der Waals surface area contributed by atoms with Gasteiger partial charge in [-0.3, -0.25) is 9.59 Å². The molecule has 0 aliphatic carbocycles. The van der Waals surface area contributed by atoms with E-state index in [9.17, 15) is 14.0 Å². The van der Waals surface area contributed by atoms with Gasteiger partial charge in [0.25, 0.3) is 0 Å². The Bertz CT molecular complexity index is 768. The molecule has 2 atom stereocenters. The minimum atomic E-state index is -0.622. The van der Waals surface area contributed by atoms with E-state index in [1.807, 2.05) is 44.2 Å². The number of benzene rings is 2. The van der Waals surface area contributed by atoms with E-state index in [0.29, 0.717) is 0 Å². The summed E-state index contributed by atoms with van der Waals surface area (Å²) in [6, 6.07) is 15.1. The van der Waals surface area contributed by atoms with Gasteiger partial charge < -0.3 is 10.2 Å². The monoisotopic (exact) mass is 402 g/mol. The first-order chi connectivity index (χ1) is 13.4. The normalized spacial score (nSPS) is 12.9. The molecule has 150 valence electrons. The lowest BCUT2D eigenvalue weighted by Gasteiger charge is -2.29. The van der Waals surface area contributed by atoms with E-state index in [2.05, 4.69) is 5.32 Å². The Balaban J connectivity index is 2.12. The summed E-state index contributed by atoms with van der Waals surface area (Å²) in [6.45, 7) is 5.91. The van der Waals surface area contributed by atoms with Crippen LogP contribution in [0.3, 0.4) is 0 Å². The van der Waals surface area contributed by atoms with Gasteiger partial charge in [0.1, 0.15) is 11.9 Å². The molecular formula is C22H27FN2O2S. The number of halogens is 1. The van der Waals surface area contributed by atoms with Crippen molar-refractivity contribution in [3.8, 4) is 0 Å². The highest BCUT2D eigenvalue weighted by Gasteiger charge is 2.26. The molecule has 0 fully saturated rings. The van der Waals surface area contributed by atoms with Crippen LogP contribution in [0.15, 0.2) is 59.5 Å². The highest BCUT2D eigenvalue weighted by Crippen LogP contribution is 2.19. The predicted octanol–water partition coefficient (Wildman–Crippen LogP) is 4.25. The molecule has 6 heteroatoms. The maximum absolute atomic E-state index is 13.2. The van der Waals surface area contributed by atoms with Crippen molar-refractivity contribution in [3.05, 3.63) is 66.0 Å². The number of hydrogen-bond acceptors (Lipinski definition) is 3. The Labute approximate surface area is 170 Å². The molecule has 0 aliphatic rings. The smallest absolute Gasteiger partial charge is 0.242 e. The van der Waals surface area contributed by atoms with E-state index in [1.165, 1.54) is 23.9 Å². The summed E-state index contributed by atoms with van der Waals surface area (Å²) in [5.74, 6) is -0.421. The van der Waals surface area contributed by atoms with Crippen LogP contribution in [0.4, 0.5) is 4.39 Å². The summed E-state index contributed by atoms with van der Waals surface area (Å²) >= 11 is 1.43. The molecule has 28 heavy (non-hydrogen) atoms. The van der Waals surface area contributed by atoms with E-state index in [4.69, 9.17) is 0 Å². The topological polar surface area (TPSA) is 49.4 Å². The average Bonchev–Trinajstić information content (AvgIpc) is 2.71. The van der Waals surface area contributed by atoms with Crippen molar-refractivity contribution in [2.24, 2.45) is 0 Å². The number of carbonyl (C=O) groups is 2. The molecule has 0 aromatic heterocycles. The van der Waals surface area contributed by atoms with Gasteiger partial charge in [0, 0.05) is 17.5 Å². The third-order valence-corrected chi connectivity index (χ3v) is 5.54. The zero-order valence-electron chi connectivity index (χ0n) is 16.5. The highest BCUT2D eigenvalue weighted by atomic mass is 32.2. The fraction of sp³-hybridized carbons (Fsp3) is 0.364. The van der Waals surface area contributed by atoms with Crippen LogP contribution in [0.25, 0.3) is 0 Å². The van der Waals surface area contributed by atoms with E-state index >= 15 is 0 Å². The Kier molecular flexibility index (Phi) is 8.51. The lowest BCUT2D eigenvalue weighted by Crippen LogP contribution is -2.50. The molecule has 2 aromatic rings.